The SMILES string of the molecule is C[C@@H](c1nc(-c2ccc(C#N)cc2)cs1)[C@@](Cn1cncn1)(OCCCCl)c1ccc(F)cc1F. The summed E-state index contributed by atoms with van der Waals surface area (Å²) in [6, 6.07) is 12.7. The van der Waals surface area contributed by atoms with Crippen molar-refractivity contribution in [3.8, 4) is 17.3 Å². The van der Waals surface area contributed by atoms with Gasteiger partial charge in [-0.2, -0.15) is 10.4 Å². The van der Waals surface area contributed by atoms with Crippen LogP contribution in [0.3, 0.4) is 0 Å². The zero-order chi connectivity index (χ0) is 24.8. The summed E-state index contributed by atoms with van der Waals surface area (Å²) in [6.07, 6.45) is 3.46. The quantitative estimate of drug-likeness (QED) is 0.195. The molecule has 180 valence electrons. The Balaban J connectivity index is 1.79. The Labute approximate surface area is 210 Å². The molecule has 4 aromatic rings. The van der Waals surface area contributed by atoms with Gasteiger partial charge in [-0.05, 0) is 24.6 Å². The van der Waals surface area contributed by atoms with Crippen molar-refractivity contribution in [2.45, 2.75) is 31.4 Å². The number of benzene rings is 2. The molecule has 0 radical (unpaired) electrons. The normalized spacial score (nSPS) is 13.8. The van der Waals surface area contributed by atoms with Crippen LogP contribution in [-0.2, 0) is 16.9 Å². The number of hydrogen-bond acceptors (Lipinski definition) is 6. The van der Waals surface area contributed by atoms with E-state index in [1.54, 1.807) is 16.8 Å². The monoisotopic (exact) mass is 513 g/mol. The van der Waals surface area contributed by atoms with Crippen LogP contribution in [0.25, 0.3) is 11.3 Å². The van der Waals surface area contributed by atoms with Crippen LogP contribution in [0, 0.1) is 23.0 Å². The molecular formula is C25H22ClF2N5OS. The van der Waals surface area contributed by atoms with E-state index in [1.807, 2.05) is 24.4 Å². The Kier molecular flexibility index (Phi) is 7.86. The lowest BCUT2D eigenvalue weighted by Crippen LogP contribution is -2.41. The first-order valence-electron chi connectivity index (χ1n) is 10.9. The number of nitrogens with zero attached hydrogens (tertiary/aromatic N) is 5. The van der Waals surface area contributed by atoms with Crippen molar-refractivity contribution >= 4 is 22.9 Å². The van der Waals surface area contributed by atoms with E-state index in [2.05, 4.69) is 16.2 Å². The predicted molar refractivity (Wildman–Crippen MR) is 130 cm³/mol. The van der Waals surface area contributed by atoms with Crippen LogP contribution in [0.4, 0.5) is 8.78 Å². The molecule has 6 nitrogen and oxygen atoms in total. The molecule has 0 saturated carbocycles. The van der Waals surface area contributed by atoms with Crippen molar-refractivity contribution in [3.05, 3.63) is 88.3 Å². The molecule has 2 atom stereocenters. The molecule has 0 amide bonds. The van der Waals surface area contributed by atoms with Gasteiger partial charge in [0.25, 0.3) is 0 Å². The highest BCUT2D eigenvalue weighted by Crippen LogP contribution is 2.44. The highest BCUT2D eigenvalue weighted by molar-refractivity contribution is 7.10. The second kappa shape index (κ2) is 11.0. The first kappa shape index (κ1) is 24.9. The van der Waals surface area contributed by atoms with Gasteiger partial charge >= 0.3 is 0 Å². The van der Waals surface area contributed by atoms with E-state index < -0.39 is 23.2 Å². The molecular weight excluding hydrogens is 492 g/mol. The lowest BCUT2D eigenvalue weighted by Gasteiger charge is -2.39. The maximum absolute atomic E-state index is 15.3. The standard InChI is InChI=1S/C25H22ClF2N5OS/c1-17(24-32-23(13-35-24)19-5-3-18(12-29)4-6-19)25(34-10-2-9-26,14-33-16-30-15-31-33)21-8-7-20(27)11-22(21)28/h3-8,11,13,15-17H,2,9-10,14H2,1H3/t17-,25+/m0/s1. The molecule has 0 aliphatic rings. The van der Waals surface area contributed by atoms with E-state index in [4.69, 9.17) is 26.6 Å². The lowest BCUT2D eigenvalue weighted by atomic mass is 9.81. The molecule has 0 unspecified atom stereocenters. The number of aromatic nitrogens is 4. The minimum atomic E-state index is -1.27. The number of halogens is 3. The molecule has 4 rings (SSSR count). The third-order valence-electron chi connectivity index (χ3n) is 5.79. The molecule has 0 aliphatic carbocycles. The van der Waals surface area contributed by atoms with Crippen molar-refractivity contribution in [1.29, 1.82) is 5.26 Å². The van der Waals surface area contributed by atoms with Crippen molar-refractivity contribution in [1.82, 2.24) is 19.7 Å². The Morgan fingerprint density at radius 2 is 2.03 bits per heavy atom. The Morgan fingerprint density at radius 3 is 2.69 bits per heavy atom. The summed E-state index contributed by atoms with van der Waals surface area (Å²) in [6.45, 7) is 2.29. The molecule has 0 bridgehead atoms. The van der Waals surface area contributed by atoms with Crippen LogP contribution in [0.1, 0.15) is 35.4 Å². The van der Waals surface area contributed by atoms with Crippen molar-refractivity contribution in [2.24, 2.45) is 0 Å². The highest BCUT2D eigenvalue weighted by Gasteiger charge is 2.44. The Bertz CT molecular complexity index is 1310. The zero-order valence-electron chi connectivity index (χ0n) is 18.9. The van der Waals surface area contributed by atoms with E-state index in [9.17, 15) is 4.39 Å². The van der Waals surface area contributed by atoms with Gasteiger partial charge < -0.3 is 4.74 Å². The fourth-order valence-corrected chi connectivity index (χ4v) is 5.01. The van der Waals surface area contributed by atoms with Gasteiger partial charge in [0.2, 0.25) is 0 Å². The minimum Gasteiger partial charge on any atom is -0.367 e. The first-order valence-corrected chi connectivity index (χ1v) is 12.3. The maximum Gasteiger partial charge on any atom is 0.137 e. The van der Waals surface area contributed by atoms with Gasteiger partial charge in [-0.25, -0.2) is 23.4 Å². The van der Waals surface area contributed by atoms with Crippen LogP contribution in [0.15, 0.2) is 60.5 Å². The van der Waals surface area contributed by atoms with E-state index in [1.165, 1.54) is 36.1 Å². The van der Waals surface area contributed by atoms with Crippen LogP contribution >= 0.6 is 22.9 Å². The van der Waals surface area contributed by atoms with Gasteiger partial charge in [0.05, 0.1) is 28.9 Å². The number of nitriles is 1. The van der Waals surface area contributed by atoms with Gasteiger partial charge in [-0.3, -0.25) is 0 Å². The predicted octanol–water partition coefficient (Wildman–Crippen LogP) is 5.90. The fraction of sp³-hybridized carbons (Fsp3) is 0.280. The molecule has 2 heterocycles. The summed E-state index contributed by atoms with van der Waals surface area (Å²) in [5.41, 5.74) is 1.08. The van der Waals surface area contributed by atoms with E-state index in [0.717, 1.165) is 17.3 Å². The highest BCUT2D eigenvalue weighted by atomic mass is 35.5. The minimum absolute atomic E-state index is 0.130. The van der Waals surface area contributed by atoms with Crippen LogP contribution in [0.5, 0.6) is 0 Å². The molecule has 0 spiro atoms. The van der Waals surface area contributed by atoms with Crippen LogP contribution in [0.2, 0.25) is 0 Å². The van der Waals surface area contributed by atoms with Crippen molar-refractivity contribution in [3.63, 3.8) is 0 Å². The van der Waals surface area contributed by atoms with Gasteiger partial charge in [-0.15, -0.1) is 22.9 Å². The van der Waals surface area contributed by atoms with E-state index in [-0.39, 0.29) is 18.7 Å². The summed E-state index contributed by atoms with van der Waals surface area (Å²) in [7, 11) is 0. The third kappa shape index (κ3) is 5.40. The number of ether oxygens (including phenoxy) is 1. The Morgan fingerprint density at radius 1 is 1.23 bits per heavy atom. The summed E-state index contributed by atoms with van der Waals surface area (Å²) >= 11 is 7.32. The lowest BCUT2D eigenvalue weighted by molar-refractivity contribution is -0.0840. The number of thiazole rings is 1. The average Bonchev–Trinajstić information content (AvgIpc) is 3.56. The maximum atomic E-state index is 15.3. The van der Waals surface area contributed by atoms with E-state index in [0.29, 0.717) is 22.9 Å². The second-order valence-electron chi connectivity index (χ2n) is 7.98. The number of hydrogen-bond donors (Lipinski definition) is 0. The van der Waals surface area contributed by atoms with Crippen LogP contribution < -0.4 is 0 Å². The van der Waals surface area contributed by atoms with Crippen molar-refractivity contribution in [2.75, 3.05) is 12.5 Å². The smallest absolute Gasteiger partial charge is 0.137 e. The van der Waals surface area contributed by atoms with Gasteiger partial charge in [0.1, 0.15) is 29.9 Å². The summed E-state index contributed by atoms with van der Waals surface area (Å²) in [4.78, 5) is 8.83. The van der Waals surface area contributed by atoms with E-state index >= 15 is 4.39 Å². The molecule has 0 aliphatic heterocycles. The third-order valence-corrected chi connectivity index (χ3v) is 7.08. The molecule has 10 heteroatoms. The summed E-state index contributed by atoms with van der Waals surface area (Å²) in [5.74, 6) is -1.46. The zero-order valence-corrected chi connectivity index (χ0v) is 20.4. The van der Waals surface area contributed by atoms with Crippen molar-refractivity contribution < 1.29 is 13.5 Å². The number of alkyl halides is 1. The fourth-order valence-electron chi connectivity index (χ4n) is 3.93. The van der Waals surface area contributed by atoms with Crippen LogP contribution in [-0.4, -0.2) is 32.2 Å². The molecule has 0 N–H and O–H groups in total. The molecule has 2 aromatic carbocycles. The summed E-state index contributed by atoms with van der Waals surface area (Å²) in [5, 5.41) is 15.9. The molecule has 35 heavy (non-hydrogen) atoms. The average molecular weight is 514 g/mol. The van der Waals surface area contributed by atoms with Gasteiger partial charge in [0.15, 0.2) is 0 Å². The van der Waals surface area contributed by atoms with Gasteiger partial charge in [-0.1, -0.05) is 25.1 Å². The molecule has 2 aromatic heterocycles. The topological polar surface area (TPSA) is 76.6 Å². The molecule has 0 fully saturated rings. The molecule has 0 saturated heterocycles. The number of rotatable bonds is 10. The largest absolute Gasteiger partial charge is 0.367 e. The Hall–Kier alpha value is -3.19. The first-order chi connectivity index (χ1) is 17.0. The second-order valence-corrected chi connectivity index (χ2v) is 9.25. The summed E-state index contributed by atoms with van der Waals surface area (Å²) < 4.78 is 37.1. The van der Waals surface area contributed by atoms with Gasteiger partial charge in [0, 0.05) is 41.0 Å².